The highest BCUT2D eigenvalue weighted by Crippen LogP contribution is 2.29. The molecule has 4 heteroatoms. The van der Waals surface area contributed by atoms with Gasteiger partial charge in [0.25, 0.3) is 5.91 Å². The molecule has 0 fully saturated rings. The largest absolute Gasteiger partial charge is 0.365 e. The number of nitrogens with zero attached hydrogens (tertiary/aromatic N) is 2. The summed E-state index contributed by atoms with van der Waals surface area (Å²) in [7, 11) is 2.02. The van der Waals surface area contributed by atoms with Crippen molar-refractivity contribution in [3.63, 3.8) is 0 Å². The van der Waals surface area contributed by atoms with Crippen molar-refractivity contribution in [2.75, 3.05) is 0 Å². The van der Waals surface area contributed by atoms with Crippen LogP contribution in [-0.2, 0) is 11.8 Å². The van der Waals surface area contributed by atoms with E-state index in [1.807, 2.05) is 43.4 Å². The highest BCUT2D eigenvalue weighted by Gasteiger charge is 2.09. The number of rotatable bonds is 2. The molecule has 0 saturated heterocycles. The van der Waals surface area contributed by atoms with Crippen LogP contribution < -0.4 is 5.73 Å². The van der Waals surface area contributed by atoms with Gasteiger partial charge in [-0.1, -0.05) is 24.3 Å². The molecule has 2 N–H and O–H groups in total. The zero-order valence-corrected chi connectivity index (χ0v) is 11.5. The molecular formula is C17H13N3O. The second kappa shape index (κ2) is 4.80. The summed E-state index contributed by atoms with van der Waals surface area (Å²) in [6.45, 7) is 0. The summed E-state index contributed by atoms with van der Waals surface area (Å²) in [6, 6.07) is 15.8. The van der Waals surface area contributed by atoms with E-state index in [1.165, 1.54) is 6.08 Å². The monoisotopic (exact) mass is 275 g/mol. The fourth-order valence-electron chi connectivity index (χ4n) is 2.60. The molecular weight excluding hydrogens is 262 g/mol. The molecule has 0 unspecified atom stereocenters. The van der Waals surface area contributed by atoms with Crippen LogP contribution in [0.4, 0.5) is 0 Å². The van der Waals surface area contributed by atoms with Crippen molar-refractivity contribution in [2.24, 2.45) is 12.8 Å². The summed E-state index contributed by atoms with van der Waals surface area (Å²) >= 11 is 0. The second-order valence-corrected chi connectivity index (χ2v) is 4.89. The van der Waals surface area contributed by atoms with Crippen LogP contribution in [0.15, 0.2) is 48.0 Å². The minimum atomic E-state index is -0.712. The minimum Gasteiger partial charge on any atom is -0.365 e. The predicted molar refractivity (Wildman–Crippen MR) is 83.2 cm³/mol. The number of primary amides is 1. The van der Waals surface area contributed by atoms with Gasteiger partial charge >= 0.3 is 0 Å². The molecule has 0 atom stereocenters. The summed E-state index contributed by atoms with van der Waals surface area (Å²) in [5.41, 5.74) is 8.15. The predicted octanol–water partition coefficient (Wildman–Crippen LogP) is 2.72. The molecule has 102 valence electrons. The lowest BCUT2D eigenvalue weighted by Gasteiger charge is -1.99. The number of fused-ring (bicyclic) bond motifs is 3. The van der Waals surface area contributed by atoms with Gasteiger partial charge in [-0.25, -0.2) is 0 Å². The highest BCUT2D eigenvalue weighted by molar-refractivity contribution is 6.09. The molecule has 1 heterocycles. The zero-order chi connectivity index (χ0) is 15.0. The van der Waals surface area contributed by atoms with Crippen molar-refractivity contribution >= 4 is 33.8 Å². The fourth-order valence-corrected chi connectivity index (χ4v) is 2.60. The Morgan fingerprint density at radius 2 is 1.90 bits per heavy atom. The van der Waals surface area contributed by atoms with Crippen LogP contribution in [0, 0.1) is 11.3 Å². The summed E-state index contributed by atoms with van der Waals surface area (Å²) in [5.74, 6) is -0.712. The number of carbonyl (C=O) groups is 1. The van der Waals surface area contributed by atoms with E-state index in [9.17, 15) is 4.79 Å². The maximum Gasteiger partial charge on any atom is 0.259 e. The third-order valence-corrected chi connectivity index (χ3v) is 3.63. The molecule has 21 heavy (non-hydrogen) atoms. The molecule has 3 rings (SSSR count). The normalized spacial score (nSPS) is 11.7. The van der Waals surface area contributed by atoms with Crippen LogP contribution in [0.25, 0.3) is 27.9 Å². The number of amides is 1. The van der Waals surface area contributed by atoms with Crippen LogP contribution in [0.1, 0.15) is 5.56 Å². The summed E-state index contributed by atoms with van der Waals surface area (Å²) in [5, 5.41) is 11.2. The van der Waals surface area contributed by atoms with E-state index in [4.69, 9.17) is 11.0 Å². The van der Waals surface area contributed by atoms with Crippen LogP contribution in [0.5, 0.6) is 0 Å². The van der Waals surface area contributed by atoms with Crippen molar-refractivity contribution in [1.29, 1.82) is 5.26 Å². The van der Waals surface area contributed by atoms with E-state index in [0.29, 0.717) is 0 Å². The molecule has 0 radical (unpaired) electrons. The number of nitrogens with two attached hydrogens (primary N) is 1. The smallest absolute Gasteiger partial charge is 0.259 e. The van der Waals surface area contributed by atoms with E-state index in [0.717, 1.165) is 27.4 Å². The Bertz CT molecular complexity index is 942. The van der Waals surface area contributed by atoms with Gasteiger partial charge in [0.05, 0.1) is 0 Å². The number of hydrogen-bond acceptors (Lipinski definition) is 2. The number of aryl methyl sites for hydroxylation is 1. The average molecular weight is 275 g/mol. The van der Waals surface area contributed by atoms with Gasteiger partial charge < -0.3 is 10.3 Å². The van der Waals surface area contributed by atoms with E-state index < -0.39 is 5.91 Å². The molecule has 2 aromatic carbocycles. The van der Waals surface area contributed by atoms with Crippen molar-refractivity contribution < 1.29 is 4.79 Å². The van der Waals surface area contributed by atoms with Crippen LogP contribution in [-0.4, -0.2) is 10.5 Å². The summed E-state index contributed by atoms with van der Waals surface area (Å²) in [6.07, 6.45) is 1.52. The first kappa shape index (κ1) is 12.9. The van der Waals surface area contributed by atoms with Gasteiger partial charge in [-0.15, -0.1) is 0 Å². The van der Waals surface area contributed by atoms with Crippen molar-refractivity contribution in [1.82, 2.24) is 4.57 Å². The zero-order valence-electron chi connectivity index (χ0n) is 11.5. The molecule has 4 nitrogen and oxygen atoms in total. The molecule has 0 aliphatic heterocycles. The molecule has 1 aromatic heterocycles. The van der Waals surface area contributed by atoms with Gasteiger partial charge in [0, 0.05) is 28.9 Å². The minimum absolute atomic E-state index is 0.0467. The third kappa shape index (κ3) is 2.05. The number of nitriles is 1. The Morgan fingerprint density at radius 3 is 2.62 bits per heavy atom. The molecule has 3 aromatic rings. The Labute approximate surface area is 121 Å². The van der Waals surface area contributed by atoms with Crippen molar-refractivity contribution in [3.05, 3.63) is 53.6 Å². The molecule has 1 amide bonds. The van der Waals surface area contributed by atoms with Gasteiger partial charge in [-0.05, 0) is 29.8 Å². The molecule has 0 saturated carbocycles. The lowest BCUT2D eigenvalue weighted by Crippen LogP contribution is -2.12. The van der Waals surface area contributed by atoms with Gasteiger partial charge in [0.15, 0.2) is 0 Å². The first-order valence-corrected chi connectivity index (χ1v) is 6.50. The third-order valence-electron chi connectivity index (χ3n) is 3.63. The Kier molecular flexibility index (Phi) is 2.96. The van der Waals surface area contributed by atoms with E-state index >= 15 is 0 Å². The number of aromatic nitrogens is 1. The first-order valence-electron chi connectivity index (χ1n) is 6.50. The van der Waals surface area contributed by atoms with Crippen LogP contribution in [0.2, 0.25) is 0 Å². The van der Waals surface area contributed by atoms with Gasteiger partial charge in [-0.3, -0.25) is 4.79 Å². The lowest BCUT2D eigenvalue weighted by molar-refractivity contribution is -0.114. The summed E-state index contributed by atoms with van der Waals surface area (Å²) in [4.78, 5) is 11.1. The first-order chi connectivity index (χ1) is 10.1. The fraction of sp³-hybridized carbons (Fsp3) is 0.0588. The Morgan fingerprint density at radius 1 is 1.19 bits per heavy atom. The van der Waals surface area contributed by atoms with Gasteiger partial charge in [0.1, 0.15) is 11.6 Å². The average Bonchev–Trinajstić information content (AvgIpc) is 2.78. The molecule has 0 bridgehead atoms. The molecule has 0 aliphatic rings. The van der Waals surface area contributed by atoms with Crippen molar-refractivity contribution in [2.45, 2.75) is 0 Å². The maximum atomic E-state index is 11.1. The van der Waals surface area contributed by atoms with Gasteiger partial charge in [0.2, 0.25) is 0 Å². The number of hydrogen-bond donors (Lipinski definition) is 1. The number of para-hydroxylation sites is 1. The number of benzene rings is 2. The number of carbonyl (C=O) groups excluding carboxylic acids is 1. The van der Waals surface area contributed by atoms with Gasteiger partial charge in [-0.2, -0.15) is 5.26 Å². The van der Waals surface area contributed by atoms with Crippen LogP contribution >= 0.6 is 0 Å². The van der Waals surface area contributed by atoms with Crippen LogP contribution in [0.3, 0.4) is 0 Å². The Balaban J connectivity index is 2.28. The standard InChI is InChI=1S/C17H13N3O/c1-20-15-5-3-2-4-13(15)14-9-11(6-7-16(14)20)8-12(10-18)17(19)21/h2-9H,1H3,(H2,19,21). The summed E-state index contributed by atoms with van der Waals surface area (Å²) < 4.78 is 2.12. The van der Waals surface area contributed by atoms with E-state index in [2.05, 4.69) is 16.7 Å². The van der Waals surface area contributed by atoms with E-state index in [1.54, 1.807) is 0 Å². The van der Waals surface area contributed by atoms with E-state index in [-0.39, 0.29) is 5.57 Å². The molecule has 0 aliphatic carbocycles. The maximum absolute atomic E-state index is 11.1. The lowest BCUT2D eigenvalue weighted by atomic mass is 10.1. The Hall–Kier alpha value is -3.06. The second-order valence-electron chi connectivity index (χ2n) is 4.89. The quantitative estimate of drug-likeness (QED) is 0.577. The van der Waals surface area contributed by atoms with Crippen molar-refractivity contribution in [3.8, 4) is 6.07 Å². The topological polar surface area (TPSA) is 71.8 Å². The SMILES string of the molecule is Cn1c2ccccc2c2cc(C=C(C#N)C(N)=O)ccc21. The highest BCUT2D eigenvalue weighted by atomic mass is 16.1. The molecule has 0 spiro atoms.